The Morgan fingerprint density at radius 2 is 2.05 bits per heavy atom. The minimum atomic E-state index is 0.572. The van der Waals surface area contributed by atoms with Crippen molar-refractivity contribution in [1.29, 1.82) is 0 Å². The van der Waals surface area contributed by atoms with Gasteiger partial charge in [0.05, 0.1) is 0 Å². The Bertz CT molecular complexity index is 464. The quantitative estimate of drug-likeness (QED) is 0.509. The summed E-state index contributed by atoms with van der Waals surface area (Å²) in [6.07, 6.45) is 20.8. The summed E-state index contributed by atoms with van der Waals surface area (Å²) in [7, 11) is 0. The maximum Gasteiger partial charge on any atom is 0.00118 e. The second-order valence-electron chi connectivity index (χ2n) is 7.41. The van der Waals surface area contributed by atoms with Gasteiger partial charge in [-0.25, -0.2) is 0 Å². The van der Waals surface area contributed by atoms with E-state index in [1.807, 2.05) is 0 Å². The van der Waals surface area contributed by atoms with Crippen molar-refractivity contribution in [2.75, 3.05) is 0 Å². The van der Waals surface area contributed by atoms with Crippen LogP contribution >= 0.6 is 0 Å². The lowest BCUT2D eigenvalue weighted by atomic mass is 9.61. The fraction of sp³-hybridized carbons (Fsp3) is 0.714. The molecule has 0 radical (unpaired) electrons. The molecule has 116 valence electrons. The molecule has 3 fully saturated rings. The van der Waals surface area contributed by atoms with E-state index < -0.39 is 0 Å². The molecule has 0 aromatic rings. The summed E-state index contributed by atoms with van der Waals surface area (Å²) in [5.41, 5.74) is 3.96. The van der Waals surface area contributed by atoms with Crippen molar-refractivity contribution < 1.29 is 0 Å². The van der Waals surface area contributed by atoms with Gasteiger partial charge in [0, 0.05) is 5.41 Å². The van der Waals surface area contributed by atoms with E-state index in [4.69, 9.17) is 0 Å². The average molecular weight is 284 g/mol. The lowest BCUT2D eigenvalue weighted by Crippen LogP contribution is -2.34. The predicted octanol–water partition coefficient (Wildman–Crippen LogP) is 6.45. The molecule has 0 aromatic carbocycles. The molecule has 0 aliphatic heterocycles. The molecule has 4 unspecified atom stereocenters. The molecule has 0 nitrogen and oxygen atoms in total. The first kappa shape index (κ1) is 15.1. The Hall–Kier alpha value is -0.780. The Morgan fingerprint density at radius 3 is 2.76 bits per heavy atom. The molecule has 3 rings (SSSR count). The van der Waals surface area contributed by atoms with Crippen molar-refractivity contribution in [1.82, 2.24) is 0 Å². The van der Waals surface area contributed by atoms with Gasteiger partial charge >= 0.3 is 0 Å². The Kier molecular flexibility index (Phi) is 4.43. The van der Waals surface area contributed by atoms with Crippen molar-refractivity contribution in [3.8, 4) is 0 Å². The summed E-state index contributed by atoms with van der Waals surface area (Å²) in [4.78, 5) is 0. The summed E-state index contributed by atoms with van der Waals surface area (Å²) < 4.78 is 0. The Labute approximate surface area is 131 Å². The minimum absolute atomic E-state index is 0.572. The summed E-state index contributed by atoms with van der Waals surface area (Å²) in [6, 6.07) is 0. The van der Waals surface area contributed by atoms with Crippen LogP contribution in [0.3, 0.4) is 0 Å². The molecule has 2 bridgehead atoms. The first-order valence-corrected chi connectivity index (χ1v) is 9.30. The van der Waals surface area contributed by atoms with E-state index in [1.165, 1.54) is 51.4 Å². The van der Waals surface area contributed by atoms with Gasteiger partial charge in [-0.05, 0) is 80.8 Å². The maximum absolute atomic E-state index is 2.60. The zero-order valence-electron chi connectivity index (χ0n) is 14.2. The number of hydrogen-bond donors (Lipinski definition) is 0. The minimum Gasteiger partial charge on any atom is -0.0877 e. The van der Waals surface area contributed by atoms with Gasteiger partial charge in [0.15, 0.2) is 0 Å². The van der Waals surface area contributed by atoms with Gasteiger partial charge in [0.2, 0.25) is 0 Å². The molecule has 0 amide bonds. The topological polar surface area (TPSA) is 0 Å². The fourth-order valence-electron chi connectivity index (χ4n) is 6.06. The van der Waals surface area contributed by atoms with E-state index in [0.29, 0.717) is 5.41 Å². The van der Waals surface area contributed by atoms with Crippen molar-refractivity contribution in [2.24, 2.45) is 23.2 Å². The van der Waals surface area contributed by atoms with Crippen LogP contribution in [0.25, 0.3) is 0 Å². The van der Waals surface area contributed by atoms with Crippen LogP contribution in [-0.2, 0) is 0 Å². The van der Waals surface area contributed by atoms with Crippen LogP contribution in [0.1, 0.15) is 72.1 Å². The van der Waals surface area contributed by atoms with E-state index in [2.05, 4.69) is 45.1 Å². The normalized spacial score (nSPS) is 39.5. The van der Waals surface area contributed by atoms with Crippen molar-refractivity contribution in [2.45, 2.75) is 72.1 Å². The third kappa shape index (κ3) is 2.26. The molecule has 3 aliphatic carbocycles. The number of rotatable bonds is 5. The van der Waals surface area contributed by atoms with Crippen LogP contribution < -0.4 is 0 Å². The van der Waals surface area contributed by atoms with E-state index in [0.717, 1.165) is 17.8 Å². The molecule has 3 saturated carbocycles. The maximum atomic E-state index is 2.60. The van der Waals surface area contributed by atoms with Crippen molar-refractivity contribution in [3.05, 3.63) is 35.5 Å². The lowest BCUT2D eigenvalue weighted by molar-refractivity contribution is 0.158. The molecule has 0 aromatic heterocycles. The molecule has 0 saturated heterocycles. The van der Waals surface area contributed by atoms with Crippen LogP contribution in [0.5, 0.6) is 0 Å². The number of hydrogen-bond acceptors (Lipinski definition) is 0. The first-order chi connectivity index (χ1) is 10.3. The third-order valence-corrected chi connectivity index (χ3v) is 6.66. The second kappa shape index (κ2) is 6.15. The standard InChI is InChI=1S/C21H32/c1-4-7-10-16(6-3)19(9-5-2)21-14-8-11-20(21)17-12-13-18(21)15-17/h4,7,9-10,17-18,20H,5-6,8,11-15H2,1-3H3/b7-4-,16-10+,19-9+. The van der Waals surface area contributed by atoms with Gasteiger partial charge in [0.1, 0.15) is 0 Å². The largest absolute Gasteiger partial charge is 0.0877 e. The van der Waals surface area contributed by atoms with E-state index in [1.54, 1.807) is 11.1 Å². The van der Waals surface area contributed by atoms with Gasteiger partial charge in [-0.2, -0.15) is 0 Å². The lowest BCUT2D eigenvalue weighted by Gasteiger charge is -2.43. The van der Waals surface area contributed by atoms with Gasteiger partial charge in [0.25, 0.3) is 0 Å². The van der Waals surface area contributed by atoms with Gasteiger partial charge in [-0.15, -0.1) is 0 Å². The Morgan fingerprint density at radius 1 is 1.19 bits per heavy atom. The van der Waals surface area contributed by atoms with Crippen molar-refractivity contribution >= 4 is 0 Å². The monoisotopic (exact) mass is 284 g/mol. The second-order valence-corrected chi connectivity index (χ2v) is 7.41. The molecule has 0 spiro atoms. The van der Waals surface area contributed by atoms with E-state index in [-0.39, 0.29) is 0 Å². The number of allylic oxidation sites excluding steroid dienone is 6. The highest BCUT2D eigenvalue weighted by Gasteiger charge is 2.61. The summed E-state index contributed by atoms with van der Waals surface area (Å²) in [6.45, 7) is 6.78. The Balaban J connectivity index is 2.03. The molecular formula is C21H32. The smallest absolute Gasteiger partial charge is 0.00118 e. The molecule has 0 N–H and O–H groups in total. The molecular weight excluding hydrogens is 252 g/mol. The zero-order chi connectivity index (χ0) is 14.9. The van der Waals surface area contributed by atoms with E-state index >= 15 is 0 Å². The first-order valence-electron chi connectivity index (χ1n) is 9.30. The SMILES string of the molecule is C\C=C/C=C(CC)/C(=C\CC)C12CCCC1C1CCC2C1. The molecule has 0 heterocycles. The van der Waals surface area contributed by atoms with Crippen LogP contribution in [-0.4, -0.2) is 0 Å². The highest BCUT2D eigenvalue weighted by atomic mass is 14.6. The van der Waals surface area contributed by atoms with Gasteiger partial charge in [-0.1, -0.05) is 44.6 Å². The highest BCUT2D eigenvalue weighted by molar-refractivity contribution is 5.42. The van der Waals surface area contributed by atoms with E-state index in [9.17, 15) is 0 Å². The van der Waals surface area contributed by atoms with Gasteiger partial charge in [-0.3, -0.25) is 0 Å². The average Bonchev–Trinajstić information content (AvgIpc) is 3.19. The zero-order valence-corrected chi connectivity index (χ0v) is 14.2. The van der Waals surface area contributed by atoms with Crippen LogP contribution in [0.2, 0.25) is 0 Å². The molecule has 21 heavy (non-hydrogen) atoms. The van der Waals surface area contributed by atoms with Gasteiger partial charge < -0.3 is 0 Å². The van der Waals surface area contributed by atoms with Crippen LogP contribution in [0, 0.1) is 23.2 Å². The van der Waals surface area contributed by atoms with Crippen molar-refractivity contribution in [3.63, 3.8) is 0 Å². The number of fused-ring (bicyclic) bond motifs is 5. The summed E-state index contributed by atoms with van der Waals surface area (Å²) in [5, 5.41) is 0. The highest BCUT2D eigenvalue weighted by Crippen LogP contribution is 2.70. The summed E-state index contributed by atoms with van der Waals surface area (Å²) >= 11 is 0. The van der Waals surface area contributed by atoms with Crippen LogP contribution in [0.4, 0.5) is 0 Å². The fourth-order valence-corrected chi connectivity index (χ4v) is 6.06. The molecule has 0 heteroatoms. The molecule has 3 aliphatic rings. The van der Waals surface area contributed by atoms with Crippen LogP contribution in [0.15, 0.2) is 35.5 Å². The summed E-state index contributed by atoms with van der Waals surface area (Å²) in [5.74, 6) is 3.06. The molecule has 4 atom stereocenters. The third-order valence-electron chi connectivity index (χ3n) is 6.66. The predicted molar refractivity (Wildman–Crippen MR) is 92.2 cm³/mol.